The molecule has 54 heavy (non-hydrogen) atoms. The van der Waals surface area contributed by atoms with Crippen molar-refractivity contribution in [2.45, 2.75) is 80.8 Å². The molecule has 0 spiro atoms. The molecule has 6 nitrogen and oxygen atoms in total. The number of para-hydroxylation sites is 6. The van der Waals surface area contributed by atoms with Crippen molar-refractivity contribution in [3.8, 4) is 0 Å². The second-order valence-corrected chi connectivity index (χ2v) is 15.2. The molecule has 0 radical (unpaired) electrons. The Morgan fingerprint density at radius 2 is 0.593 bits per heavy atom. The molecule has 0 aliphatic carbocycles. The summed E-state index contributed by atoms with van der Waals surface area (Å²) in [5, 5.41) is 0. The monoisotopic (exact) mass is 906 g/mol. The van der Waals surface area contributed by atoms with E-state index in [4.69, 9.17) is 0 Å². The first-order valence-corrected chi connectivity index (χ1v) is 18.4. The van der Waals surface area contributed by atoms with Gasteiger partial charge in [0.25, 0.3) is 0 Å². The highest BCUT2D eigenvalue weighted by Crippen LogP contribution is 2.33. The van der Waals surface area contributed by atoms with Crippen LogP contribution in [0.2, 0.25) is 0 Å². The summed E-state index contributed by atoms with van der Waals surface area (Å²) < 4.78 is 15.0. The van der Waals surface area contributed by atoms with Crippen molar-refractivity contribution < 1.29 is 64.6 Å². The molecule has 5 aromatic carbocycles. The van der Waals surface area contributed by atoms with E-state index < -0.39 is 0 Å². The van der Waals surface area contributed by atoms with Crippen LogP contribution in [0, 0.1) is 41.5 Å². The van der Waals surface area contributed by atoms with Crippen LogP contribution in [0.4, 0.5) is 0 Å². The van der Waals surface area contributed by atoms with Crippen molar-refractivity contribution in [3.63, 3.8) is 0 Å². The minimum atomic E-state index is 0. The van der Waals surface area contributed by atoms with Gasteiger partial charge in [0, 0.05) is 33.4 Å². The molecule has 3 aliphatic rings. The molecule has 0 atom stereocenters. The predicted molar refractivity (Wildman–Crippen MR) is 202 cm³/mol. The lowest BCUT2D eigenvalue weighted by atomic mass is 9.87. The lowest BCUT2D eigenvalue weighted by molar-refractivity contribution is -0.665. The van der Waals surface area contributed by atoms with E-state index >= 15 is 0 Å². The maximum absolute atomic E-state index is 2.50. The van der Waals surface area contributed by atoms with Crippen molar-refractivity contribution in [2.24, 2.45) is 0 Å². The maximum Gasteiger partial charge on any atom is 0.245 e. The highest BCUT2D eigenvalue weighted by Gasteiger charge is 2.30. The molecule has 3 aliphatic heterocycles. The summed E-state index contributed by atoms with van der Waals surface area (Å²) in [6, 6.07) is 26.9. The first kappa shape index (κ1) is 38.2. The molecule has 8 aromatic rings. The molecular weight excluding hydrogens is 864 g/mol. The third-order valence-corrected chi connectivity index (χ3v) is 12.7. The zero-order chi connectivity index (χ0) is 34.7. The minimum absolute atomic E-state index is 0. The molecule has 3 aromatic heterocycles. The summed E-state index contributed by atoms with van der Waals surface area (Å²) in [5.41, 5.74) is 24.7. The van der Waals surface area contributed by atoms with Gasteiger partial charge in [-0.25, -0.2) is 27.4 Å². The van der Waals surface area contributed by atoms with Crippen LogP contribution in [0.5, 0.6) is 0 Å². The van der Waals surface area contributed by atoms with E-state index in [2.05, 4.69) is 161 Å². The Labute approximate surface area is 348 Å². The van der Waals surface area contributed by atoms with Gasteiger partial charge in [0.1, 0.15) is 39.3 Å². The molecule has 12 bridgehead atoms. The number of halogens is 3. The lowest BCUT2D eigenvalue weighted by Gasteiger charge is -2.21. The SMILES string of the molecule is Cc1c2c(C)c3c(C)c1Cn1c[n+](c4ccccc41)Cc1c(C)c(c(C)c(c1C)C[n+]1cn(c4ccccc41)C3)C[n+]1cn(c3ccccc31)C2.[Br-].[Br-].[Br-]. The minimum Gasteiger partial charge on any atom is -1.00 e. The zero-order valence-corrected chi connectivity index (χ0v) is 36.5. The molecule has 0 amide bonds. The molecule has 11 rings (SSSR count). The van der Waals surface area contributed by atoms with E-state index in [-0.39, 0.29) is 50.9 Å². The Morgan fingerprint density at radius 1 is 0.352 bits per heavy atom. The quantitative estimate of drug-likeness (QED) is 0.161. The summed E-state index contributed by atoms with van der Waals surface area (Å²) in [6.45, 7) is 19.2. The fourth-order valence-corrected chi connectivity index (χ4v) is 9.71. The lowest BCUT2D eigenvalue weighted by Crippen LogP contribution is -3.00. The summed E-state index contributed by atoms with van der Waals surface area (Å²) in [4.78, 5) is 0. The fourth-order valence-electron chi connectivity index (χ4n) is 9.71. The number of rotatable bonds is 0. The van der Waals surface area contributed by atoms with Gasteiger partial charge in [-0.1, -0.05) is 36.4 Å². The molecular formula is C45H45Br3N6. The topological polar surface area (TPSA) is 26.4 Å². The van der Waals surface area contributed by atoms with Gasteiger partial charge in [-0.3, -0.25) is 0 Å². The molecule has 0 saturated carbocycles. The van der Waals surface area contributed by atoms with E-state index in [1.54, 1.807) is 0 Å². The second-order valence-electron chi connectivity index (χ2n) is 15.2. The molecule has 276 valence electrons. The van der Waals surface area contributed by atoms with Gasteiger partial charge in [0.15, 0.2) is 33.1 Å². The third kappa shape index (κ3) is 5.64. The molecule has 9 heteroatoms. The third-order valence-electron chi connectivity index (χ3n) is 12.7. The highest BCUT2D eigenvalue weighted by atomic mass is 79.9. The predicted octanol–water partition coefficient (Wildman–Crippen LogP) is -1.81. The van der Waals surface area contributed by atoms with Gasteiger partial charge in [0.05, 0.1) is 0 Å². The number of fused-ring (bicyclic) bond motifs is 3. The molecule has 0 fully saturated rings. The van der Waals surface area contributed by atoms with Crippen molar-refractivity contribution in [1.82, 2.24) is 13.7 Å². The average Bonchev–Trinajstić information content (AvgIpc) is 3.79. The van der Waals surface area contributed by atoms with Crippen molar-refractivity contribution >= 4 is 33.1 Å². The highest BCUT2D eigenvalue weighted by molar-refractivity contribution is 5.74. The van der Waals surface area contributed by atoms with Gasteiger partial charge in [-0.2, -0.15) is 0 Å². The summed E-state index contributed by atoms with van der Waals surface area (Å²) in [5.74, 6) is 0. The van der Waals surface area contributed by atoms with Crippen LogP contribution >= 0.6 is 0 Å². The smallest absolute Gasteiger partial charge is 0.245 e. The molecule has 0 unspecified atom stereocenters. The Bertz CT molecular complexity index is 2260. The number of nitrogens with zero attached hydrogens (tertiary/aromatic N) is 6. The summed E-state index contributed by atoms with van der Waals surface area (Å²) in [7, 11) is 0. The Kier molecular flexibility index (Phi) is 10.1. The largest absolute Gasteiger partial charge is 1.00 e. The van der Waals surface area contributed by atoms with Crippen LogP contribution in [0.1, 0.15) is 66.8 Å². The first-order valence-electron chi connectivity index (χ1n) is 18.4. The van der Waals surface area contributed by atoms with E-state index in [1.165, 1.54) is 99.9 Å². The summed E-state index contributed by atoms with van der Waals surface area (Å²) >= 11 is 0. The van der Waals surface area contributed by atoms with Crippen LogP contribution in [0.3, 0.4) is 0 Å². The van der Waals surface area contributed by atoms with Crippen LogP contribution in [-0.4, -0.2) is 13.7 Å². The van der Waals surface area contributed by atoms with E-state index in [9.17, 15) is 0 Å². The van der Waals surface area contributed by atoms with E-state index in [1.807, 2.05) is 0 Å². The van der Waals surface area contributed by atoms with Gasteiger partial charge >= 0.3 is 0 Å². The van der Waals surface area contributed by atoms with E-state index in [0.717, 1.165) is 39.3 Å². The number of hydrogen-bond donors (Lipinski definition) is 0. The zero-order valence-electron chi connectivity index (χ0n) is 31.7. The Balaban J connectivity index is 0.00000150. The standard InChI is InChI=1S/C45H45N6.3BrH/c1-28-34-19-46-25-49(42-15-9-7-13-40(42)46)22-37-31(4)38-23-50-26-47(41-14-8-10-16-43(41)50)20-35(28)30(3)36(29(34)2)21-48-27-51(24-39(32(37)5)33(38)6)45-18-12-11-17-44(45)48;;;/h7-18,25-27H,19-24H2,1-6H3;3*1H/q+3;;;/p-3. The number of benzene rings is 5. The van der Waals surface area contributed by atoms with Crippen LogP contribution in [0.25, 0.3) is 33.1 Å². The van der Waals surface area contributed by atoms with Crippen molar-refractivity contribution in [2.75, 3.05) is 0 Å². The van der Waals surface area contributed by atoms with Gasteiger partial charge in [0.2, 0.25) is 19.0 Å². The first-order chi connectivity index (χ1) is 24.8. The van der Waals surface area contributed by atoms with E-state index in [0.29, 0.717) is 0 Å². The number of imidazole rings is 3. The number of hydrogen-bond acceptors (Lipinski definition) is 0. The van der Waals surface area contributed by atoms with Gasteiger partial charge < -0.3 is 50.9 Å². The molecule has 6 heterocycles. The van der Waals surface area contributed by atoms with Crippen molar-refractivity contribution in [1.29, 1.82) is 0 Å². The fraction of sp³-hybridized carbons (Fsp3) is 0.267. The molecule has 0 saturated heterocycles. The number of aromatic nitrogens is 6. The van der Waals surface area contributed by atoms with Gasteiger partial charge in [-0.15, -0.1) is 0 Å². The van der Waals surface area contributed by atoms with Gasteiger partial charge in [-0.05, 0) is 111 Å². The summed E-state index contributed by atoms with van der Waals surface area (Å²) in [6.07, 6.45) is 7.16. The normalized spacial score (nSPS) is 13.2. The van der Waals surface area contributed by atoms with Crippen LogP contribution < -0.4 is 64.6 Å². The molecule has 0 N–H and O–H groups in total. The average molecular weight is 910 g/mol. The Morgan fingerprint density at radius 3 is 0.870 bits per heavy atom. The second kappa shape index (κ2) is 14.2. The Hall–Kier alpha value is -4.05. The van der Waals surface area contributed by atoms with Crippen LogP contribution in [0.15, 0.2) is 91.8 Å². The maximum atomic E-state index is 2.50. The van der Waals surface area contributed by atoms with Crippen molar-refractivity contribution in [3.05, 3.63) is 159 Å². The van der Waals surface area contributed by atoms with Crippen LogP contribution in [-0.2, 0) is 39.3 Å².